The van der Waals surface area contributed by atoms with E-state index in [2.05, 4.69) is 5.32 Å². The van der Waals surface area contributed by atoms with Crippen LogP contribution in [0.4, 0.5) is 0 Å². The predicted octanol–water partition coefficient (Wildman–Crippen LogP) is -0.476. The van der Waals surface area contributed by atoms with Crippen molar-refractivity contribution in [2.45, 2.75) is 18.6 Å². The maximum absolute atomic E-state index is 11.9. The Morgan fingerprint density at radius 2 is 2.20 bits per heavy atom. The Balaban J connectivity index is 1.91. The third-order valence-electron chi connectivity index (χ3n) is 3.03. The zero-order chi connectivity index (χ0) is 14.7. The number of β-amino-alcohol motifs (C(OH)–C–C–N with tert-alkyl or cyclic N) is 1. The number of likely N-dealkylation sites (tertiary alicyclic amines) is 1. The van der Waals surface area contributed by atoms with Gasteiger partial charge in [-0.05, 0) is 11.4 Å². The van der Waals surface area contributed by atoms with Gasteiger partial charge < -0.3 is 20.4 Å². The number of carboxylic acid groups (broad SMARTS) is 1. The molecule has 0 radical (unpaired) electrons. The molecular weight excluding hydrogens is 284 g/mol. The van der Waals surface area contributed by atoms with Crippen molar-refractivity contribution in [2.75, 3.05) is 13.1 Å². The number of carboxylic acids is 1. The molecule has 1 aliphatic rings. The average Bonchev–Trinajstić information content (AvgIpc) is 3.04. The molecule has 8 heteroatoms. The SMILES string of the molecule is O=C(NCC(=O)N1C[C@@H](O)C[C@H]1C(=O)O)c1cccs1. The lowest BCUT2D eigenvalue weighted by atomic mass is 10.2. The molecule has 0 aromatic carbocycles. The molecule has 1 saturated heterocycles. The lowest BCUT2D eigenvalue weighted by Gasteiger charge is -2.21. The van der Waals surface area contributed by atoms with Gasteiger partial charge in [0, 0.05) is 13.0 Å². The van der Waals surface area contributed by atoms with Crippen LogP contribution in [0, 0.1) is 0 Å². The second-order valence-corrected chi connectivity index (χ2v) is 5.40. The van der Waals surface area contributed by atoms with Gasteiger partial charge in [-0.3, -0.25) is 9.59 Å². The molecular formula is C12H14N2O5S. The van der Waals surface area contributed by atoms with E-state index >= 15 is 0 Å². The molecule has 0 spiro atoms. The molecule has 0 saturated carbocycles. The maximum atomic E-state index is 11.9. The molecule has 1 aliphatic heterocycles. The normalized spacial score (nSPS) is 21.8. The Morgan fingerprint density at radius 1 is 1.45 bits per heavy atom. The third-order valence-corrected chi connectivity index (χ3v) is 3.90. The third kappa shape index (κ3) is 3.14. The van der Waals surface area contributed by atoms with E-state index in [0.717, 1.165) is 4.90 Å². The van der Waals surface area contributed by atoms with Crippen molar-refractivity contribution in [1.29, 1.82) is 0 Å². The highest BCUT2D eigenvalue weighted by molar-refractivity contribution is 7.12. The Labute approximate surface area is 118 Å². The number of aliphatic hydroxyl groups is 1. The van der Waals surface area contributed by atoms with Crippen LogP contribution >= 0.6 is 11.3 Å². The summed E-state index contributed by atoms with van der Waals surface area (Å²) in [6.07, 6.45) is -0.826. The lowest BCUT2D eigenvalue weighted by Crippen LogP contribution is -2.45. The number of nitrogens with zero attached hydrogens (tertiary/aromatic N) is 1. The monoisotopic (exact) mass is 298 g/mol. The van der Waals surface area contributed by atoms with Gasteiger partial charge in [0.2, 0.25) is 5.91 Å². The Morgan fingerprint density at radius 3 is 2.80 bits per heavy atom. The number of amides is 2. The highest BCUT2D eigenvalue weighted by Crippen LogP contribution is 2.18. The molecule has 1 aromatic heterocycles. The first kappa shape index (κ1) is 14.5. The Bertz CT molecular complexity index is 516. The smallest absolute Gasteiger partial charge is 0.326 e. The summed E-state index contributed by atoms with van der Waals surface area (Å²) in [6, 6.07) is 2.32. The number of nitrogens with one attached hydrogen (secondary N) is 1. The molecule has 20 heavy (non-hydrogen) atoms. The summed E-state index contributed by atoms with van der Waals surface area (Å²) in [7, 11) is 0. The van der Waals surface area contributed by atoms with Gasteiger partial charge in [-0.2, -0.15) is 0 Å². The fraction of sp³-hybridized carbons (Fsp3) is 0.417. The second kappa shape index (κ2) is 6.02. The number of rotatable bonds is 4. The van der Waals surface area contributed by atoms with E-state index in [1.807, 2.05) is 0 Å². The summed E-state index contributed by atoms with van der Waals surface area (Å²) in [5.74, 6) is -2.04. The van der Waals surface area contributed by atoms with E-state index in [0.29, 0.717) is 4.88 Å². The van der Waals surface area contributed by atoms with E-state index in [1.54, 1.807) is 17.5 Å². The highest BCUT2D eigenvalue weighted by Gasteiger charge is 2.38. The van der Waals surface area contributed by atoms with Crippen LogP contribution in [0.1, 0.15) is 16.1 Å². The van der Waals surface area contributed by atoms with Crippen molar-refractivity contribution in [3.05, 3.63) is 22.4 Å². The van der Waals surface area contributed by atoms with E-state index in [9.17, 15) is 19.5 Å². The molecule has 1 fully saturated rings. The molecule has 108 valence electrons. The maximum Gasteiger partial charge on any atom is 0.326 e. The van der Waals surface area contributed by atoms with Crippen LogP contribution in [0.25, 0.3) is 0 Å². The molecule has 0 aliphatic carbocycles. The van der Waals surface area contributed by atoms with Crippen LogP contribution < -0.4 is 5.32 Å². The largest absolute Gasteiger partial charge is 0.480 e. The highest BCUT2D eigenvalue weighted by atomic mass is 32.1. The number of aliphatic carboxylic acids is 1. The van der Waals surface area contributed by atoms with Crippen molar-refractivity contribution in [3.8, 4) is 0 Å². The number of hydrogen-bond acceptors (Lipinski definition) is 5. The number of carbonyl (C=O) groups excluding carboxylic acids is 2. The quantitative estimate of drug-likeness (QED) is 0.696. The summed E-state index contributed by atoms with van der Waals surface area (Å²) >= 11 is 1.25. The molecule has 2 heterocycles. The summed E-state index contributed by atoms with van der Waals surface area (Å²) in [5, 5.41) is 22.6. The van der Waals surface area contributed by atoms with Crippen molar-refractivity contribution < 1.29 is 24.6 Å². The van der Waals surface area contributed by atoms with E-state index in [4.69, 9.17) is 5.11 Å². The minimum atomic E-state index is -1.15. The first-order valence-electron chi connectivity index (χ1n) is 6.01. The molecule has 2 amide bonds. The van der Waals surface area contributed by atoms with Crippen molar-refractivity contribution in [1.82, 2.24) is 10.2 Å². The van der Waals surface area contributed by atoms with Crippen molar-refractivity contribution >= 4 is 29.1 Å². The number of thiophene rings is 1. The first-order chi connectivity index (χ1) is 9.49. The zero-order valence-electron chi connectivity index (χ0n) is 10.5. The Kier molecular flexibility index (Phi) is 4.35. The number of carbonyl (C=O) groups is 3. The standard InChI is InChI=1S/C12H14N2O5S/c15-7-4-8(12(18)19)14(6-7)10(16)5-13-11(17)9-2-1-3-20-9/h1-3,7-8,15H,4-6H2,(H,13,17)(H,18,19)/t7-,8-/m0/s1. The zero-order valence-corrected chi connectivity index (χ0v) is 11.3. The molecule has 0 unspecified atom stereocenters. The fourth-order valence-corrected chi connectivity index (χ4v) is 2.72. The average molecular weight is 298 g/mol. The van der Waals surface area contributed by atoms with Crippen LogP contribution in [0.3, 0.4) is 0 Å². The number of aliphatic hydroxyl groups excluding tert-OH is 1. The molecule has 7 nitrogen and oxygen atoms in total. The van der Waals surface area contributed by atoms with Gasteiger partial charge in [0.15, 0.2) is 0 Å². The molecule has 1 aromatic rings. The second-order valence-electron chi connectivity index (χ2n) is 4.45. The molecule has 0 bridgehead atoms. The van der Waals surface area contributed by atoms with Crippen LogP contribution in [0.15, 0.2) is 17.5 Å². The van der Waals surface area contributed by atoms with E-state index in [-0.39, 0.29) is 25.4 Å². The van der Waals surface area contributed by atoms with Gasteiger partial charge in [0.25, 0.3) is 5.91 Å². The fourth-order valence-electron chi connectivity index (χ4n) is 2.08. The minimum absolute atomic E-state index is 0.0138. The van der Waals surface area contributed by atoms with Gasteiger partial charge >= 0.3 is 5.97 Å². The Hall–Kier alpha value is -1.93. The first-order valence-corrected chi connectivity index (χ1v) is 6.89. The van der Waals surface area contributed by atoms with Gasteiger partial charge in [-0.25, -0.2) is 4.79 Å². The lowest BCUT2D eigenvalue weighted by molar-refractivity contribution is -0.147. The summed E-state index contributed by atoms with van der Waals surface area (Å²) in [6.45, 7) is -0.308. The summed E-state index contributed by atoms with van der Waals surface area (Å²) < 4.78 is 0. The number of hydrogen-bond donors (Lipinski definition) is 3. The predicted molar refractivity (Wildman–Crippen MR) is 70.4 cm³/mol. The van der Waals surface area contributed by atoms with E-state index < -0.39 is 24.0 Å². The van der Waals surface area contributed by atoms with Gasteiger partial charge in [0.1, 0.15) is 6.04 Å². The molecule has 3 N–H and O–H groups in total. The van der Waals surface area contributed by atoms with E-state index in [1.165, 1.54) is 11.3 Å². The van der Waals surface area contributed by atoms with Gasteiger partial charge in [-0.1, -0.05) is 6.07 Å². The van der Waals surface area contributed by atoms with Crippen molar-refractivity contribution in [3.63, 3.8) is 0 Å². The van der Waals surface area contributed by atoms with Crippen LogP contribution in [0.2, 0.25) is 0 Å². The van der Waals surface area contributed by atoms with Gasteiger partial charge in [0.05, 0.1) is 17.5 Å². The molecule has 2 atom stereocenters. The summed E-state index contributed by atoms with van der Waals surface area (Å²) in [4.78, 5) is 36.1. The minimum Gasteiger partial charge on any atom is -0.480 e. The van der Waals surface area contributed by atoms with Crippen molar-refractivity contribution in [2.24, 2.45) is 0 Å². The molecule has 2 rings (SSSR count). The van der Waals surface area contributed by atoms with Crippen LogP contribution in [-0.4, -0.2) is 58.1 Å². The topological polar surface area (TPSA) is 107 Å². The summed E-state index contributed by atoms with van der Waals surface area (Å²) in [5.41, 5.74) is 0. The van der Waals surface area contributed by atoms with Gasteiger partial charge in [-0.15, -0.1) is 11.3 Å². The van der Waals surface area contributed by atoms with Crippen LogP contribution in [-0.2, 0) is 9.59 Å². The van der Waals surface area contributed by atoms with Crippen LogP contribution in [0.5, 0.6) is 0 Å².